The number of hydrogen-bond acceptors (Lipinski definition) is 4. The number of thiazole rings is 1. The smallest absolute Gasteiger partial charge is 0.326 e. The van der Waals surface area contributed by atoms with Crippen molar-refractivity contribution < 1.29 is 14.7 Å². The molecular weight excluding hydrogens is 312 g/mol. The highest BCUT2D eigenvalue weighted by Gasteiger charge is 2.21. The van der Waals surface area contributed by atoms with Crippen LogP contribution >= 0.6 is 11.3 Å². The maximum atomic E-state index is 12.0. The zero-order valence-electron chi connectivity index (χ0n) is 13.2. The fourth-order valence-electron chi connectivity index (χ4n) is 2.20. The minimum atomic E-state index is -1.00. The van der Waals surface area contributed by atoms with Crippen molar-refractivity contribution in [3.8, 4) is 10.6 Å². The van der Waals surface area contributed by atoms with E-state index in [-0.39, 0.29) is 18.2 Å². The molecule has 0 aliphatic carbocycles. The molecule has 23 heavy (non-hydrogen) atoms. The van der Waals surface area contributed by atoms with Crippen molar-refractivity contribution in [2.24, 2.45) is 5.92 Å². The molecule has 1 atom stereocenters. The van der Waals surface area contributed by atoms with Crippen LogP contribution in [0.4, 0.5) is 0 Å². The Morgan fingerprint density at radius 1 is 1.26 bits per heavy atom. The molecule has 122 valence electrons. The maximum absolute atomic E-state index is 12.0. The Morgan fingerprint density at radius 2 is 1.96 bits per heavy atom. The van der Waals surface area contributed by atoms with Gasteiger partial charge in [-0.05, 0) is 12.3 Å². The van der Waals surface area contributed by atoms with Crippen LogP contribution in [-0.2, 0) is 16.0 Å². The molecule has 5 nitrogen and oxygen atoms in total. The molecular formula is C17H20N2O3S. The van der Waals surface area contributed by atoms with Crippen LogP contribution in [0.2, 0.25) is 0 Å². The molecule has 2 rings (SSSR count). The molecule has 1 aromatic carbocycles. The van der Waals surface area contributed by atoms with Crippen molar-refractivity contribution in [2.45, 2.75) is 32.7 Å². The molecule has 2 aromatic rings. The molecule has 0 saturated carbocycles. The number of carbonyl (C=O) groups excluding carboxylic acids is 1. The van der Waals surface area contributed by atoms with E-state index in [4.69, 9.17) is 5.11 Å². The van der Waals surface area contributed by atoms with Crippen molar-refractivity contribution in [3.05, 3.63) is 41.4 Å². The van der Waals surface area contributed by atoms with Crippen LogP contribution in [0.1, 0.15) is 26.0 Å². The van der Waals surface area contributed by atoms with Crippen molar-refractivity contribution in [1.82, 2.24) is 10.3 Å². The van der Waals surface area contributed by atoms with Crippen LogP contribution < -0.4 is 5.32 Å². The number of aliphatic carboxylic acids is 1. The number of nitrogens with one attached hydrogen (secondary N) is 1. The van der Waals surface area contributed by atoms with Crippen molar-refractivity contribution >= 4 is 23.2 Å². The minimum Gasteiger partial charge on any atom is -0.480 e. The van der Waals surface area contributed by atoms with E-state index in [1.54, 1.807) is 0 Å². The number of aromatic nitrogens is 1. The lowest BCUT2D eigenvalue weighted by molar-refractivity contribution is -0.142. The summed E-state index contributed by atoms with van der Waals surface area (Å²) in [6, 6.07) is 8.89. The van der Waals surface area contributed by atoms with Gasteiger partial charge in [-0.2, -0.15) is 0 Å². The summed E-state index contributed by atoms with van der Waals surface area (Å²) in [5.74, 6) is -1.13. The van der Waals surface area contributed by atoms with Gasteiger partial charge in [0.05, 0.1) is 12.1 Å². The van der Waals surface area contributed by atoms with Gasteiger partial charge < -0.3 is 10.4 Å². The molecule has 0 radical (unpaired) electrons. The largest absolute Gasteiger partial charge is 0.480 e. The highest BCUT2D eigenvalue weighted by Crippen LogP contribution is 2.23. The monoisotopic (exact) mass is 332 g/mol. The second-order valence-corrected chi connectivity index (χ2v) is 6.63. The van der Waals surface area contributed by atoms with Gasteiger partial charge in [0.15, 0.2) is 0 Å². The molecule has 0 aliphatic heterocycles. The Labute approximate surface area is 139 Å². The number of amides is 1. The highest BCUT2D eigenvalue weighted by atomic mass is 32.1. The molecule has 1 amide bonds. The molecule has 0 fully saturated rings. The van der Waals surface area contributed by atoms with E-state index >= 15 is 0 Å². The van der Waals surface area contributed by atoms with Crippen LogP contribution in [0.25, 0.3) is 10.6 Å². The zero-order chi connectivity index (χ0) is 16.8. The van der Waals surface area contributed by atoms with E-state index in [2.05, 4.69) is 10.3 Å². The van der Waals surface area contributed by atoms with E-state index in [0.717, 1.165) is 10.6 Å². The third-order valence-electron chi connectivity index (χ3n) is 3.25. The molecule has 1 unspecified atom stereocenters. The SMILES string of the molecule is CC(C)CC(NC(=O)Cc1csc(-c2ccccc2)n1)C(=O)O. The van der Waals surface area contributed by atoms with Gasteiger partial charge in [-0.25, -0.2) is 9.78 Å². The maximum Gasteiger partial charge on any atom is 0.326 e. The predicted molar refractivity (Wildman–Crippen MR) is 90.3 cm³/mol. The lowest BCUT2D eigenvalue weighted by Crippen LogP contribution is -2.42. The summed E-state index contributed by atoms with van der Waals surface area (Å²) in [5.41, 5.74) is 1.66. The van der Waals surface area contributed by atoms with Gasteiger partial charge in [-0.3, -0.25) is 4.79 Å². The van der Waals surface area contributed by atoms with Crippen molar-refractivity contribution in [1.29, 1.82) is 0 Å². The number of carboxylic acid groups (broad SMARTS) is 1. The summed E-state index contributed by atoms with van der Waals surface area (Å²) >= 11 is 1.47. The first-order valence-corrected chi connectivity index (χ1v) is 8.35. The topological polar surface area (TPSA) is 79.3 Å². The van der Waals surface area contributed by atoms with Gasteiger partial charge >= 0.3 is 5.97 Å². The fourth-order valence-corrected chi connectivity index (χ4v) is 3.03. The molecule has 0 spiro atoms. The van der Waals surface area contributed by atoms with Gasteiger partial charge in [0.2, 0.25) is 5.91 Å². The first kappa shape index (κ1) is 17.1. The van der Waals surface area contributed by atoms with Crippen molar-refractivity contribution in [2.75, 3.05) is 0 Å². The minimum absolute atomic E-state index is 0.0885. The standard InChI is InChI=1S/C17H20N2O3S/c1-11(2)8-14(17(21)22)19-15(20)9-13-10-23-16(18-13)12-6-4-3-5-7-12/h3-7,10-11,14H,8-9H2,1-2H3,(H,19,20)(H,21,22). The van der Waals surface area contributed by atoms with Gasteiger partial charge in [-0.15, -0.1) is 11.3 Å². The lowest BCUT2D eigenvalue weighted by Gasteiger charge is -2.16. The zero-order valence-corrected chi connectivity index (χ0v) is 14.0. The van der Waals surface area contributed by atoms with Gasteiger partial charge in [-0.1, -0.05) is 44.2 Å². The lowest BCUT2D eigenvalue weighted by atomic mass is 10.0. The van der Waals surface area contributed by atoms with Gasteiger partial charge in [0.1, 0.15) is 11.0 Å². The molecule has 1 aromatic heterocycles. The van der Waals surface area contributed by atoms with Gasteiger partial charge in [0.25, 0.3) is 0 Å². The molecule has 6 heteroatoms. The summed E-state index contributed by atoms with van der Waals surface area (Å²) in [6.07, 6.45) is 0.499. The van der Waals surface area contributed by atoms with E-state index < -0.39 is 12.0 Å². The first-order chi connectivity index (χ1) is 11.0. The molecule has 0 aliphatic rings. The molecule has 2 N–H and O–H groups in total. The summed E-state index contributed by atoms with van der Waals surface area (Å²) in [5, 5.41) is 14.4. The Bertz CT molecular complexity index is 667. The van der Waals surface area contributed by atoms with Crippen LogP contribution in [0, 0.1) is 5.92 Å². The molecule has 0 bridgehead atoms. The first-order valence-electron chi connectivity index (χ1n) is 7.47. The summed E-state index contributed by atoms with van der Waals surface area (Å²) < 4.78 is 0. The predicted octanol–water partition coefficient (Wildman–Crippen LogP) is 2.97. The second-order valence-electron chi connectivity index (χ2n) is 5.77. The quantitative estimate of drug-likeness (QED) is 0.817. The van der Waals surface area contributed by atoms with Crippen molar-refractivity contribution in [3.63, 3.8) is 0 Å². The van der Waals surface area contributed by atoms with Crippen LogP contribution in [-0.4, -0.2) is 28.0 Å². The fraction of sp³-hybridized carbons (Fsp3) is 0.353. The Balaban J connectivity index is 1.98. The Kier molecular flexibility index (Phi) is 5.87. The number of carbonyl (C=O) groups is 2. The normalized spacial score (nSPS) is 12.1. The second kappa shape index (κ2) is 7.87. The number of nitrogens with zero attached hydrogens (tertiary/aromatic N) is 1. The van der Waals surface area contributed by atoms with E-state index in [0.29, 0.717) is 12.1 Å². The number of benzene rings is 1. The van der Waals surface area contributed by atoms with Crippen LogP contribution in [0.3, 0.4) is 0 Å². The number of rotatable bonds is 7. The molecule has 1 heterocycles. The summed E-state index contributed by atoms with van der Waals surface area (Å²) in [6.45, 7) is 3.85. The Hall–Kier alpha value is -2.21. The summed E-state index contributed by atoms with van der Waals surface area (Å²) in [4.78, 5) is 27.7. The average molecular weight is 332 g/mol. The van der Waals surface area contributed by atoms with E-state index in [9.17, 15) is 9.59 Å². The van der Waals surface area contributed by atoms with Gasteiger partial charge in [0, 0.05) is 10.9 Å². The number of carboxylic acids is 1. The van der Waals surface area contributed by atoms with Crippen LogP contribution in [0.5, 0.6) is 0 Å². The third-order valence-corrected chi connectivity index (χ3v) is 4.19. The third kappa shape index (κ3) is 5.17. The van der Waals surface area contributed by atoms with E-state index in [1.165, 1.54) is 11.3 Å². The number of hydrogen-bond donors (Lipinski definition) is 2. The Morgan fingerprint density at radius 3 is 2.57 bits per heavy atom. The van der Waals surface area contributed by atoms with E-state index in [1.807, 2.05) is 49.6 Å². The highest BCUT2D eigenvalue weighted by molar-refractivity contribution is 7.13. The molecule has 0 saturated heterocycles. The average Bonchev–Trinajstić information content (AvgIpc) is 2.95. The van der Waals surface area contributed by atoms with Crippen LogP contribution in [0.15, 0.2) is 35.7 Å². The summed E-state index contributed by atoms with van der Waals surface area (Å²) in [7, 11) is 0.